The molecule has 0 aromatic heterocycles. The van der Waals surface area contributed by atoms with Gasteiger partial charge in [-0.2, -0.15) is 0 Å². The molecule has 20 heavy (non-hydrogen) atoms. The second kappa shape index (κ2) is 8.32. The number of nitrogens with one attached hydrogen (secondary N) is 2. The number of nitrogens with two attached hydrogens (primary N) is 1. The molecule has 1 aromatic rings. The summed E-state index contributed by atoms with van der Waals surface area (Å²) in [5, 5.41) is 5.62. The van der Waals surface area contributed by atoms with Gasteiger partial charge in [-0.05, 0) is 31.0 Å². The Hall–Kier alpha value is -1.88. The van der Waals surface area contributed by atoms with E-state index in [0.29, 0.717) is 24.3 Å². The Labute approximate surface area is 119 Å². The van der Waals surface area contributed by atoms with Crippen LogP contribution in [0.25, 0.3) is 0 Å². The number of anilines is 2. The molecule has 5 nitrogen and oxygen atoms in total. The largest absolute Gasteiger partial charge is 0.330 e. The molecule has 0 aliphatic rings. The molecule has 1 aromatic carbocycles. The fourth-order valence-electron chi connectivity index (χ4n) is 1.76. The molecule has 0 bridgehead atoms. The van der Waals surface area contributed by atoms with Gasteiger partial charge in [0.25, 0.3) is 0 Å². The van der Waals surface area contributed by atoms with Gasteiger partial charge in [0.2, 0.25) is 11.8 Å². The molecule has 0 saturated heterocycles. The average Bonchev–Trinajstić information content (AvgIpc) is 2.40. The van der Waals surface area contributed by atoms with Crippen LogP contribution in [-0.4, -0.2) is 18.4 Å². The third kappa shape index (κ3) is 5.40. The third-order valence-corrected chi connectivity index (χ3v) is 2.85. The fraction of sp³-hybridized carbons (Fsp3) is 0.467. The summed E-state index contributed by atoms with van der Waals surface area (Å²) in [5.74, 6) is -0.188. The van der Waals surface area contributed by atoms with Gasteiger partial charge in [-0.3, -0.25) is 9.59 Å². The lowest BCUT2D eigenvalue weighted by atomic mass is 10.1. The maximum Gasteiger partial charge on any atom is 0.225 e. The minimum Gasteiger partial charge on any atom is -0.330 e. The number of hydrogen-bond donors (Lipinski definition) is 3. The van der Waals surface area contributed by atoms with Crippen LogP contribution in [0.4, 0.5) is 11.4 Å². The zero-order valence-corrected chi connectivity index (χ0v) is 12.2. The van der Waals surface area contributed by atoms with Gasteiger partial charge in [0.05, 0.1) is 11.4 Å². The second-order valence-electron chi connectivity index (χ2n) is 4.79. The number of aryl methyl sites for hydroxylation is 1. The predicted octanol–water partition coefficient (Wildman–Crippen LogP) is 2.41. The summed E-state index contributed by atoms with van der Waals surface area (Å²) < 4.78 is 0. The van der Waals surface area contributed by atoms with E-state index in [4.69, 9.17) is 5.73 Å². The maximum absolute atomic E-state index is 11.8. The summed E-state index contributed by atoms with van der Waals surface area (Å²) in [4.78, 5) is 23.4. The van der Waals surface area contributed by atoms with Gasteiger partial charge in [0.15, 0.2) is 0 Å². The Morgan fingerprint density at radius 2 is 1.75 bits per heavy atom. The first-order valence-corrected chi connectivity index (χ1v) is 6.97. The molecule has 110 valence electrons. The number of rotatable bonds is 7. The lowest BCUT2D eigenvalue weighted by molar-refractivity contribution is -0.117. The van der Waals surface area contributed by atoms with E-state index in [1.54, 1.807) is 6.07 Å². The van der Waals surface area contributed by atoms with Crippen LogP contribution in [0.1, 0.15) is 38.2 Å². The Balaban J connectivity index is 2.79. The van der Waals surface area contributed by atoms with Crippen LogP contribution < -0.4 is 16.4 Å². The highest BCUT2D eigenvalue weighted by Crippen LogP contribution is 2.23. The smallest absolute Gasteiger partial charge is 0.225 e. The molecule has 0 unspecified atom stereocenters. The molecule has 0 fully saturated rings. The molecular weight excluding hydrogens is 254 g/mol. The van der Waals surface area contributed by atoms with E-state index in [2.05, 4.69) is 10.6 Å². The van der Waals surface area contributed by atoms with Gasteiger partial charge in [0.1, 0.15) is 0 Å². The molecule has 0 heterocycles. The Morgan fingerprint density at radius 3 is 2.40 bits per heavy atom. The minimum atomic E-state index is -0.151. The predicted molar refractivity (Wildman–Crippen MR) is 81.6 cm³/mol. The zero-order chi connectivity index (χ0) is 15.0. The van der Waals surface area contributed by atoms with Crippen molar-refractivity contribution in [2.75, 3.05) is 17.2 Å². The first kappa shape index (κ1) is 16.2. The summed E-state index contributed by atoms with van der Waals surface area (Å²) >= 11 is 0. The van der Waals surface area contributed by atoms with Gasteiger partial charge in [-0.15, -0.1) is 0 Å². The summed E-state index contributed by atoms with van der Waals surface area (Å²) in [5.41, 5.74) is 7.62. The molecule has 1 rings (SSSR count). The van der Waals surface area contributed by atoms with Crippen molar-refractivity contribution in [3.05, 3.63) is 23.8 Å². The van der Waals surface area contributed by atoms with Crippen LogP contribution in [0.3, 0.4) is 0 Å². The zero-order valence-electron chi connectivity index (χ0n) is 12.2. The first-order chi connectivity index (χ1) is 9.56. The Kier molecular flexibility index (Phi) is 6.73. The van der Waals surface area contributed by atoms with Crippen molar-refractivity contribution in [1.82, 2.24) is 0 Å². The highest BCUT2D eigenvalue weighted by Gasteiger charge is 2.09. The molecule has 0 aliphatic carbocycles. The number of benzene rings is 1. The summed E-state index contributed by atoms with van der Waals surface area (Å²) in [7, 11) is 0. The normalized spacial score (nSPS) is 10.2. The van der Waals surface area contributed by atoms with E-state index in [-0.39, 0.29) is 18.2 Å². The van der Waals surface area contributed by atoms with Gasteiger partial charge < -0.3 is 16.4 Å². The van der Waals surface area contributed by atoms with E-state index in [9.17, 15) is 9.59 Å². The van der Waals surface area contributed by atoms with Gasteiger partial charge in [0, 0.05) is 19.4 Å². The first-order valence-electron chi connectivity index (χ1n) is 6.97. The van der Waals surface area contributed by atoms with Crippen molar-refractivity contribution in [3.8, 4) is 0 Å². The van der Waals surface area contributed by atoms with E-state index in [1.807, 2.05) is 26.0 Å². The molecule has 5 heteroatoms. The molecular formula is C15H23N3O2. The van der Waals surface area contributed by atoms with Crippen molar-refractivity contribution >= 4 is 23.2 Å². The van der Waals surface area contributed by atoms with Crippen LogP contribution in [-0.2, 0) is 9.59 Å². The SMILES string of the molecule is CCCCC(=O)Nc1ccc(C)cc1NC(=O)CCN. The Morgan fingerprint density at radius 1 is 1.10 bits per heavy atom. The van der Waals surface area contributed by atoms with Gasteiger partial charge in [-0.1, -0.05) is 19.4 Å². The molecule has 4 N–H and O–H groups in total. The van der Waals surface area contributed by atoms with E-state index in [1.165, 1.54) is 0 Å². The Bertz CT molecular complexity index is 472. The molecule has 0 saturated carbocycles. The standard InChI is InChI=1S/C15H23N3O2/c1-3-4-5-14(19)17-12-7-6-11(2)10-13(12)18-15(20)8-9-16/h6-7,10H,3-5,8-9,16H2,1-2H3,(H,17,19)(H,18,20). The quantitative estimate of drug-likeness (QED) is 0.715. The maximum atomic E-state index is 11.8. The highest BCUT2D eigenvalue weighted by molar-refractivity contribution is 5.99. The lowest BCUT2D eigenvalue weighted by Crippen LogP contribution is -2.18. The molecule has 0 atom stereocenters. The molecule has 0 spiro atoms. The van der Waals surface area contributed by atoms with Crippen molar-refractivity contribution in [2.24, 2.45) is 5.73 Å². The topological polar surface area (TPSA) is 84.2 Å². The molecule has 0 aliphatic heterocycles. The van der Waals surface area contributed by atoms with Crippen molar-refractivity contribution in [1.29, 1.82) is 0 Å². The molecule has 0 radical (unpaired) electrons. The number of carbonyl (C=O) groups excluding carboxylic acids is 2. The summed E-state index contributed by atoms with van der Waals surface area (Å²) in [6.45, 7) is 4.27. The van der Waals surface area contributed by atoms with Crippen LogP contribution in [0.15, 0.2) is 18.2 Å². The van der Waals surface area contributed by atoms with Crippen molar-refractivity contribution in [2.45, 2.75) is 39.5 Å². The number of unbranched alkanes of at least 4 members (excludes halogenated alkanes) is 1. The minimum absolute atomic E-state index is 0.0370. The summed E-state index contributed by atoms with van der Waals surface area (Å²) in [6.07, 6.45) is 2.58. The monoisotopic (exact) mass is 277 g/mol. The van der Waals surface area contributed by atoms with Crippen LogP contribution in [0.5, 0.6) is 0 Å². The third-order valence-electron chi connectivity index (χ3n) is 2.85. The van der Waals surface area contributed by atoms with Crippen molar-refractivity contribution in [3.63, 3.8) is 0 Å². The van der Waals surface area contributed by atoms with E-state index < -0.39 is 0 Å². The second-order valence-corrected chi connectivity index (χ2v) is 4.79. The van der Waals surface area contributed by atoms with E-state index in [0.717, 1.165) is 18.4 Å². The molecule has 2 amide bonds. The van der Waals surface area contributed by atoms with Crippen LogP contribution >= 0.6 is 0 Å². The van der Waals surface area contributed by atoms with Gasteiger partial charge >= 0.3 is 0 Å². The van der Waals surface area contributed by atoms with Crippen LogP contribution in [0.2, 0.25) is 0 Å². The van der Waals surface area contributed by atoms with Crippen LogP contribution in [0, 0.1) is 6.92 Å². The lowest BCUT2D eigenvalue weighted by Gasteiger charge is -2.13. The number of hydrogen-bond acceptors (Lipinski definition) is 3. The average molecular weight is 277 g/mol. The number of carbonyl (C=O) groups is 2. The van der Waals surface area contributed by atoms with E-state index >= 15 is 0 Å². The number of amides is 2. The highest BCUT2D eigenvalue weighted by atomic mass is 16.2. The van der Waals surface area contributed by atoms with Crippen molar-refractivity contribution < 1.29 is 9.59 Å². The fourth-order valence-corrected chi connectivity index (χ4v) is 1.76. The summed E-state index contributed by atoms with van der Waals surface area (Å²) in [6, 6.07) is 5.54. The van der Waals surface area contributed by atoms with Gasteiger partial charge in [-0.25, -0.2) is 0 Å².